The smallest absolute Gasteiger partial charge is 0.274 e. The molecule has 3 rings (SSSR count). The van der Waals surface area contributed by atoms with E-state index in [1.807, 2.05) is 17.6 Å². The number of carbonyl (C=O) groups is 2. The third-order valence-corrected chi connectivity index (χ3v) is 5.43. The number of amides is 2. The molecule has 5 N–H and O–H groups in total. The molecule has 7 nitrogen and oxygen atoms in total. The number of H-pyrrole nitrogens is 1. The SMILES string of the molecule is C=C/C=C\SCc1cc(-c2ccc(O)cc2)c(C(=O)NCc2ccc(C(=O)NO)cc2)[nH]1. The summed E-state index contributed by atoms with van der Waals surface area (Å²) in [5.74, 6) is -0.0715. The fourth-order valence-electron chi connectivity index (χ4n) is 2.99. The Morgan fingerprint density at radius 3 is 2.44 bits per heavy atom. The number of aromatic nitrogens is 1. The van der Waals surface area contributed by atoms with E-state index in [9.17, 15) is 14.7 Å². The van der Waals surface area contributed by atoms with Crippen LogP contribution in [-0.2, 0) is 12.3 Å². The van der Waals surface area contributed by atoms with Crippen molar-refractivity contribution < 1.29 is 19.9 Å². The van der Waals surface area contributed by atoms with Gasteiger partial charge in [-0.3, -0.25) is 14.8 Å². The van der Waals surface area contributed by atoms with Gasteiger partial charge in [0.2, 0.25) is 0 Å². The number of benzene rings is 2. The monoisotopic (exact) mass is 449 g/mol. The number of allylic oxidation sites excluding steroid dienone is 2. The van der Waals surface area contributed by atoms with Crippen molar-refractivity contribution in [2.45, 2.75) is 12.3 Å². The number of phenolic OH excluding ortho intramolecular Hbond substituents is 1. The molecule has 2 amide bonds. The quantitative estimate of drug-likeness (QED) is 0.189. The van der Waals surface area contributed by atoms with E-state index < -0.39 is 5.91 Å². The molecule has 0 saturated heterocycles. The van der Waals surface area contributed by atoms with E-state index in [0.29, 0.717) is 17.0 Å². The standard InChI is InChI=1S/C24H23N3O4S/c1-2-3-12-32-15-19-13-21(17-8-10-20(28)11-9-17)22(26-19)24(30)25-14-16-4-6-18(7-5-16)23(29)27-31/h2-13,26,28,31H,1,14-15H2,(H,25,30)(H,27,29)/b12-3-. The normalized spacial score (nSPS) is 10.8. The molecule has 0 aliphatic heterocycles. The van der Waals surface area contributed by atoms with Crippen LogP contribution < -0.4 is 10.8 Å². The molecule has 0 aliphatic carbocycles. The van der Waals surface area contributed by atoms with Crippen LogP contribution in [0.25, 0.3) is 11.1 Å². The Labute approximate surface area is 189 Å². The van der Waals surface area contributed by atoms with Gasteiger partial charge in [-0.2, -0.15) is 0 Å². The molecular formula is C24H23N3O4S. The van der Waals surface area contributed by atoms with Crippen LogP contribution in [0.1, 0.15) is 32.1 Å². The number of nitrogens with one attached hydrogen (secondary N) is 3. The van der Waals surface area contributed by atoms with Crippen LogP contribution in [0, 0.1) is 0 Å². The Hall–Kier alpha value is -3.75. The topological polar surface area (TPSA) is 114 Å². The molecule has 0 atom stereocenters. The third-order valence-electron chi connectivity index (χ3n) is 4.60. The van der Waals surface area contributed by atoms with Crippen LogP contribution in [0.2, 0.25) is 0 Å². The van der Waals surface area contributed by atoms with Crippen molar-refractivity contribution in [3.63, 3.8) is 0 Å². The Kier molecular flexibility index (Phi) is 7.91. The van der Waals surface area contributed by atoms with Gasteiger partial charge in [-0.15, -0.1) is 11.8 Å². The van der Waals surface area contributed by atoms with Crippen LogP contribution in [0.5, 0.6) is 5.75 Å². The molecule has 8 heteroatoms. The average molecular weight is 450 g/mol. The molecule has 1 aromatic heterocycles. The number of aromatic amines is 1. The molecule has 0 spiro atoms. The van der Waals surface area contributed by atoms with Gasteiger partial charge in [0, 0.05) is 29.1 Å². The van der Waals surface area contributed by atoms with E-state index in [4.69, 9.17) is 5.21 Å². The van der Waals surface area contributed by atoms with Gasteiger partial charge in [-0.25, -0.2) is 5.48 Å². The number of hydroxylamine groups is 1. The van der Waals surface area contributed by atoms with Crippen LogP contribution in [0.4, 0.5) is 0 Å². The lowest BCUT2D eigenvalue weighted by atomic mass is 10.1. The lowest BCUT2D eigenvalue weighted by Crippen LogP contribution is -2.24. The summed E-state index contributed by atoms with van der Waals surface area (Å²) >= 11 is 1.57. The van der Waals surface area contributed by atoms with Crippen molar-refractivity contribution in [1.82, 2.24) is 15.8 Å². The second kappa shape index (κ2) is 11.0. The van der Waals surface area contributed by atoms with Gasteiger partial charge in [-0.05, 0) is 46.9 Å². The molecule has 0 radical (unpaired) electrons. The van der Waals surface area contributed by atoms with Gasteiger partial charge in [0.1, 0.15) is 11.4 Å². The molecule has 164 valence electrons. The van der Waals surface area contributed by atoms with Crippen molar-refractivity contribution >= 4 is 23.6 Å². The zero-order valence-corrected chi connectivity index (χ0v) is 18.0. The number of rotatable bonds is 9. The number of hydrogen-bond donors (Lipinski definition) is 5. The fraction of sp³-hybridized carbons (Fsp3) is 0.0833. The van der Waals surface area contributed by atoms with E-state index in [0.717, 1.165) is 22.4 Å². The molecule has 0 saturated carbocycles. The summed E-state index contributed by atoms with van der Waals surface area (Å²) < 4.78 is 0. The second-order valence-electron chi connectivity index (χ2n) is 6.83. The van der Waals surface area contributed by atoms with Crippen LogP contribution in [-0.4, -0.2) is 27.1 Å². The first kappa shape index (κ1) is 22.9. The summed E-state index contributed by atoms with van der Waals surface area (Å²) in [4.78, 5) is 27.6. The van der Waals surface area contributed by atoms with Gasteiger partial charge in [0.05, 0.1) is 0 Å². The lowest BCUT2D eigenvalue weighted by molar-refractivity contribution is 0.0706. The molecule has 0 bridgehead atoms. The number of phenols is 1. The Bertz CT molecular complexity index is 1120. The molecule has 32 heavy (non-hydrogen) atoms. The minimum atomic E-state index is -0.598. The van der Waals surface area contributed by atoms with E-state index in [2.05, 4.69) is 16.9 Å². The summed E-state index contributed by atoms with van der Waals surface area (Å²) in [5, 5.41) is 23.1. The second-order valence-corrected chi connectivity index (χ2v) is 7.72. The van der Waals surface area contributed by atoms with E-state index in [1.165, 1.54) is 0 Å². The van der Waals surface area contributed by atoms with Crippen molar-refractivity contribution in [2.75, 3.05) is 0 Å². The van der Waals surface area contributed by atoms with E-state index in [-0.39, 0.29) is 18.2 Å². The highest BCUT2D eigenvalue weighted by molar-refractivity contribution is 8.01. The number of carbonyl (C=O) groups excluding carboxylic acids is 2. The summed E-state index contributed by atoms with van der Waals surface area (Å²) in [6.07, 6.45) is 3.54. The van der Waals surface area contributed by atoms with Gasteiger partial charge in [0.25, 0.3) is 11.8 Å². The molecule has 3 aromatic rings. The maximum atomic E-state index is 13.0. The first-order chi connectivity index (χ1) is 15.5. The summed E-state index contributed by atoms with van der Waals surface area (Å²) in [7, 11) is 0. The van der Waals surface area contributed by atoms with Crippen molar-refractivity contribution in [3.05, 3.63) is 101 Å². The first-order valence-corrected chi connectivity index (χ1v) is 10.8. The maximum Gasteiger partial charge on any atom is 0.274 e. The highest BCUT2D eigenvalue weighted by Crippen LogP contribution is 2.28. The number of hydrogen-bond acceptors (Lipinski definition) is 5. The van der Waals surface area contributed by atoms with Gasteiger partial charge in [0.15, 0.2) is 0 Å². The average Bonchev–Trinajstić information content (AvgIpc) is 3.25. The Balaban J connectivity index is 1.77. The summed E-state index contributed by atoms with van der Waals surface area (Å²) in [6.45, 7) is 3.91. The highest BCUT2D eigenvalue weighted by atomic mass is 32.2. The highest BCUT2D eigenvalue weighted by Gasteiger charge is 2.17. The van der Waals surface area contributed by atoms with E-state index in [1.54, 1.807) is 71.8 Å². The molecular weight excluding hydrogens is 426 g/mol. The minimum Gasteiger partial charge on any atom is -0.508 e. The van der Waals surface area contributed by atoms with Crippen LogP contribution in [0.15, 0.2) is 78.7 Å². The molecule has 1 heterocycles. The fourth-order valence-corrected chi connectivity index (χ4v) is 3.65. The van der Waals surface area contributed by atoms with Crippen molar-refractivity contribution in [1.29, 1.82) is 0 Å². The van der Waals surface area contributed by atoms with Gasteiger partial charge < -0.3 is 15.4 Å². The molecule has 0 unspecified atom stereocenters. The van der Waals surface area contributed by atoms with Crippen LogP contribution in [0.3, 0.4) is 0 Å². The van der Waals surface area contributed by atoms with Crippen molar-refractivity contribution in [3.8, 4) is 16.9 Å². The zero-order valence-electron chi connectivity index (χ0n) is 17.2. The lowest BCUT2D eigenvalue weighted by Gasteiger charge is -2.08. The van der Waals surface area contributed by atoms with Gasteiger partial charge >= 0.3 is 0 Å². The molecule has 0 aliphatic rings. The zero-order chi connectivity index (χ0) is 22.9. The number of thioether (sulfide) groups is 1. The minimum absolute atomic E-state index is 0.152. The Morgan fingerprint density at radius 1 is 1.06 bits per heavy atom. The molecule has 2 aromatic carbocycles. The summed E-state index contributed by atoms with van der Waals surface area (Å²) in [5.41, 5.74) is 5.55. The third kappa shape index (κ3) is 5.90. The molecule has 0 fully saturated rings. The van der Waals surface area contributed by atoms with Crippen molar-refractivity contribution in [2.24, 2.45) is 0 Å². The predicted molar refractivity (Wildman–Crippen MR) is 125 cm³/mol. The first-order valence-electron chi connectivity index (χ1n) is 9.74. The summed E-state index contributed by atoms with van der Waals surface area (Å²) in [6, 6.07) is 15.1. The predicted octanol–water partition coefficient (Wildman–Crippen LogP) is 4.37. The van der Waals surface area contributed by atoms with Crippen LogP contribution >= 0.6 is 11.8 Å². The maximum absolute atomic E-state index is 13.0. The van der Waals surface area contributed by atoms with E-state index >= 15 is 0 Å². The number of aromatic hydroxyl groups is 1. The van der Waals surface area contributed by atoms with Gasteiger partial charge in [-0.1, -0.05) is 43.0 Å². The Morgan fingerprint density at radius 2 is 1.78 bits per heavy atom. The largest absolute Gasteiger partial charge is 0.508 e.